The number of piperazine rings is 1. The van der Waals surface area contributed by atoms with Crippen LogP contribution in [0.4, 0.5) is 5.69 Å². The van der Waals surface area contributed by atoms with E-state index < -0.39 is 0 Å². The molecule has 6 nitrogen and oxygen atoms in total. The third-order valence-corrected chi connectivity index (χ3v) is 4.87. The second-order valence-electron chi connectivity index (χ2n) is 6.22. The minimum Gasteiger partial charge on any atom is -0.339 e. The highest BCUT2D eigenvalue weighted by Crippen LogP contribution is 2.28. The van der Waals surface area contributed by atoms with E-state index in [1.165, 1.54) is 6.92 Å². The minimum absolute atomic E-state index is 0.00363. The van der Waals surface area contributed by atoms with Gasteiger partial charge in [-0.3, -0.25) is 14.4 Å². The van der Waals surface area contributed by atoms with Crippen LogP contribution in [0.1, 0.15) is 13.3 Å². The van der Waals surface area contributed by atoms with Gasteiger partial charge in [0, 0.05) is 56.8 Å². The number of benzene rings is 1. The van der Waals surface area contributed by atoms with Crippen LogP contribution < -0.4 is 4.90 Å². The quantitative estimate of drug-likeness (QED) is 0.810. The topological polar surface area (TPSA) is 60.9 Å². The minimum atomic E-state index is -0.333. The van der Waals surface area contributed by atoms with E-state index >= 15 is 0 Å². The lowest BCUT2D eigenvalue weighted by atomic mass is 10.1. The fourth-order valence-electron chi connectivity index (χ4n) is 3.27. The van der Waals surface area contributed by atoms with E-state index in [2.05, 4.69) is 0 Å². The molecular formula is C17H20ClN3O3. The summed E-state index contributed by atoms with van der Waals surface area (Å²) in [6.45, 7) is 4.08. The number of hydrogen-bond acceptors (Lipinski definition) is 3. The molecule has 2 aliphatic heterocycles. The Morgan fingerprint density at radius 3 is 2.42 bits per heavy atom. The molecule has 1 atom stereocenters. The number of halogens is 1. The fraction of sp³-hybridized carbons (Fsp3) is 0.471. The zero-order valence-electron chi connectivity index (χ0n) is 13.6. The molecule has 0 saturated carbocycles. The van der Waals surface area contributed by atoms with Crippen molar-refractivity contribution >= 4 is 35.0 Å². The molecule has 1 unspecified atom stereocenters. The third kappa shape index (κ3) is 3.38. The summed E-state index contributed by atoms with van der Waals surface area (Å²) < 4.78 is 0. The van der Waals surface area contributed by atoms with Crippen LogP contribution in [0.3, 0.4) is 0 Å². The van der Waals surface area contributed by atoms with Crippen molar-refractivity contribution in [2.24, 2.45) is 5.92 Å². The van der Waals surface area contributed by atoms with Gasteiger partial charge in [-0.1, -0.05) is 17.7 Å². The van der Waals surface area contributed by atoms with Crippen molar-refractivity contribution < 1.29 is 14.4 Å². The SMILES string of the molecule is CC(=O)N1CCN(C(=O)C2CC(=O)N(c3cccc(Cl)c3)C2)CC1. The van der Waals surface area contributed by atoms with Gasteiger partial charge < -0.3 is 14.7 Å². The molecular weight excluding hydrogens is 330 g/mol. The Hall–Kier alpha value is -2.08. The van der Waals surface area contributed by atoms with Crippen molar-refractivity contribution in [2.75, 3.05) is 37.6 Å². The summed E-state index contributed by atoms with van der Waals surface area (Å²) >= 11 is 5.99. The molecule has 2 aliphatic rings. The smallest absolute Gasteiger partial charge is 0.228 e. The van der Waals surface area contributed by atoms with Crippen molar-refractivity contribution in [3.63, 3.8) is 0 Å². The van der Waals surface area contributed by atoms with Crippen LogP contribution >= 0.6 is 11.6 Å². The van der Waals surface area contributed by atoms with Gasteiger partial charge in [0.25, 0.3) is 0 Å². The number of carbonyl (C=O) groups excluding carboxylic acids is 3. The standard InChI is InChI=1S/C17H20ClN3O3/c1-12(22)19-5-7-20(8-6-19)17(24)13-9-16(23)21(11-13)15-4-2-3-14(18)10-15/h2-4,10,13H,5-9,11H2,1H3. The first-order valence-electron chi connectivity index (χ1n) is 8.06. The van der Waals surface area contributed by atoms with Gasteiger partial charge in [0.1, 0.15) is 0 Å². The Kier molecular flexibility index (Phi) is 4.76. The van der Waals surface area contributed by atoms with Crippen molar-refractivity contribution in [3.05, 3.63) is 29.3 Å². The van der Waals surface area contributed by atoms with Crippen LogP contribution in [0.15, 0.2) is 24.3 Å². The maximum absolute atomic E-state index is 12.7. The Balaban J connectivity index is 1.63. The Bertz CT molecular complexity index is 671. The number of amides is 3. The van der Waals surface area contributed by atoms with Gasteiger partial charge in [0.2, 0.25) is 17.7 Å². The maximum atomic E-state index is 12.7. The molecule has 1 aromatic carbocycles. The zero-order chi connectivity index (χ0) is 17.3. The van der Waals surface area contributed by atoms with E-state index in [4.69, 9.17) is 11.6 Å². The number of hydrogen-bond donors (Lipinski definition) is 0. The van der Waals surface area contributed by atoms with Crippen LogP contribution in [0, 0.1) is 5.92 Å². The van der Waals surface area contributed by atoms with E-state index in [0.717, 1.165) is 5.69 Å². The summed E-state index contributed by atoms with van der Waals surface area (Å²) in [6.07, 6.45) is 0.221. The maximum Gasteiger partial charge on any atom is 0.228 e. The molecule has 128 valence electrons. The van der Waals surface area contributed by atoms with Crippen LogP contribution in [-0.4, -0.2) is 60.2 Å². The average Bonchev–Trinajstić information content (AvgIpc) is 2.96. The molecule has 1 aromatic rings. The lowest BCUT2D eigenvalue weighted by Gasteiger charge is -2.35. The van der Waals surface area contributed by atoms with Crippen LogP contribution in [0.25, 0.3) is 0 Å². The molecule has 0 N–H and O–H groups in total. The van der Waals surface area contributed by atoms with E-state index in [-0.39, 0.29) is 30.1 Å². The molecule has 2 fully saturated rings. The number of anilines is 1. The van der Waals surface area contributed by atoms with Crippen LogP contribution in [0.2, 0.25) is 5.02 Å². The van der Waals surface area contributed by atoms with E-state index in [9.17, 15) is 14.4 Å². The monoisotopic (exact) mass is 349 g/mol. The molecule has 0 radical (unpaired) electrons. The Morgan fingerprint density at radius 1 is 1.12 bits per heavy atom. The highest BCUT2D eigenvalue weighted by atomic mass is 35.5. The molecule has 24 heavy (non-hydrogen) atoms. The number of rotatable bonds is 2. The summed E-state index contributed by atoms with van der Waals surface area (Å²) in [5.74, 6) is -0.361. The van der Waals surface area contributed by atoms with Crippen LogP contribution in [0.5, 0.6) is 0 Å². The lowest BCUT2D eigenvalue weighted by Crippen LogP contribution is -2.51. The molecule has 3 rings (SSSR count). The predicted molar refractivity (Wildman–Crippen MR) is 90.7 cm³/mol. The summed E-state index contributed by atoms with van der Waals surface area (Å²) in [7, 11) is 0. The first-order chi connectivity index (χ1) is 11.5. The van der Waals surface area contributed by atoms with Crippen molar-refractivity contribution in [1.29, 1.82) is 0 Å². The van der Waals surface area contributed by atoms with E-state index in [1.807, 2.05) is 6.07 Å². The Morgan fingerprint density at radius 2 is 1.79 bits per heavy atom. The van der Waals surface area contributed by atoms with Gasteiger partial charge in [-0.2, -0.15) is 0 Å². The third-order valence-electron chi connectivity index (χ3n) is 4.63. The van der Waals surface area contributed by atoms with Gasteiger partial charge in [-0.15, -0.1) is 0 Å². The Labute approximate surface area is 146 Å². The van der Waals surface area contributed by atoms with Crippen molar-refractivity contribution in [2.45, 2.75) is 13.3 Å². The highest BCUT2D eigenvalue weighted by molar-refractivity contribution is 6.31. The summed E-state index contributed by atoms with van der Waals surface area (Å²) in [6, 6.07) is 7.10. The molecule has 0 aromatic heterocycles. The molecule has 3 amide bonds. The summed E-state index contributed by atoms with van der Waals surface area (Å²) in [5.41, 5.74) is 0.726. The van der Waals surface area contributed by atoms with Gasteiger partial charge in [-0.25, -0.2) is 0 Å². The second-order valence-corrected chi connectivity index (χ2v) is 6.65. The molecule has 2 saturated heterocycles. The number of carbonyl (C=O) groups is 3. The predicted octanol–water partition coefficient (Wildman–Crippen LogP) is 1.38. The van der Waals surface area contributed by atoms with Gasteiger partial charge >= 0.3 is 0 Å². The normalized spacial score (nSPS) is 21.3. The fourth-order valence-corrected chi connectivity index (χ4v) is 3.45. The number of nitrogens with zero attached hydrogens (tertiary/aromatic N) is 3. The molecule has 7 heteroatoms. The van der Waals surface area contributed by atoms with Crippen molar-refractivity contribution in [1.82, 2.24) is 9.80 Å². The molecule has 2 heterocycles. The largest absolute Gasteiger partial charge is 0.339 e. The average molecular weight is 350 g/mol. The van der Waals surface area contributed by atoms with E-state index in [0.29, 0.717) is 37.7 Å². The first kappa shape index (κ1) is 16.8. The van der Waals surface area contributed by atoms with Gasteiger partial charge in [0.15, 0.2) is 0 Å². The first-order valence-corrected chi connectivity index (χ1v) is 8.43. The van der Waals surface area contributed by atoms with Crippen molar-refractivity contribution in [3.8, 4) is 0 Å². The second kappa shape index (κ2) is 6.81. The van der Waals surface area contributed by atoms with E-state index in [1.54, 1.807) is 32.9 Å². The zero-order valence-corrected chi connectivity index (χ0v) is 14.3. The summed E-state index contributed by atoms with van der Waals surface area (Å²) in [5, 5.41) is 0.565. The van der Waals surface area contributed by atoms with Gasteiger partial charge in [0.05, 0.1) is 5.92 Å². The van der Waals surface area contributed by atoms with Crippen LogP contribution in [-0.2, 0) is 14.4 Å². The molecule has 0 aliphatic carbocycles. The highest BCUT2D eigenvalue weighted by Gasteiger charge is 2.38. The molecule has 0 bridgehead atoms. The molecule has 0 spiro atoms. The summed E-state index contributed by atoms with van der Waals surface area (Å²) in [4.78, 5) is 41.5. The lowest BCUT2D eigenvalue weighted by molar-refractivity contribution is -0.141. The van der Waals surface area contributed by atoms with Gasteiger partial charge in [-0.05, 0) is 18.2 Å².